The first-order valence-corrected chi connectivity index (χ1v) is 10.1. The summed E-state index contributed by atoms with van der Waals surface area (Å²) in [4.78, 5) is 21.1. The van der Waals surface area contributed by atoms with Gasteiger partial charge >= 0.3 is 0 Å². The number of fused-ring (bicyclic) bond motifs is 1. The van der Waals surface area contributed by atoms with Crippen LogP contribution in [0.1, 0.15) is 16.8 Å². The molecule has 0 N–H and O–H groups in total. The summed E-state index contributed by atoms with van der Waals surface area (Å²) in [6.07, 6.45) is 0.641. The number of hydrogen-bond acceptors (Lipinski definition) is 5. The van der Waals surface area contributed by atoms with Gasteiger partial charge in [0.05, 0.1) is 22.4 Å². The Bertz CT molecular complexity index is 1040. The molecule has 0 unspecified atom stereocenters. The standard InChI is InChI=1S/C20H20ClF2N3O2S/c1-25(2)9-4-10-26(19(27)13-6-5-12(22)11-15(13)23)20-24-17-16(28-3)8-7-14(21)18(17)29-20/h5-8,11H,4,9-10H2,1-3H3. The number of hydrogen-bond donors (Lipinski definition) is 0. The molecule has 0 aliphatic rings. The normalized spacial score (nSPS) is 11.3. The molecular formula is C20H20ClF2N3O2S. The second-order valence-corrected chi connectivity index (χ2v) is 8.05. The van der Waals surface area contributed by atoms with Gasteiger partial charge in [-0.25, -0.2) is 13.8 Å². The Hall–Kier alpha value is -2.29. The molecule has 0 radical (unpaired) electrons. The van der Waals surface area contributed by atoms with Crippen molar-refractivity contribution in [2.24, 2.45) is 0 Å². The van der Waals surface area contributed by atoms with Gasteiger partial charge in [0.2, 0.25) is 0 Å². The summed E-state index contributed by atoms with van der Waals surface area (Å²) < 4.78 is 33.6. The number of nitrogens with zero attached hydrogens (tertiary/aromatic N) is 3. The lowest BCUT2D eigenvalue weighted by Gasteiger charge is -2.21. The van der Waals surface area contributed by atoms with Crippen LogP contribution in [0.3, 0.4) is 0 Å². The molecule has 5 nitrogen and oxygen atoms in total. The van der Waals surface area contributed by atoms with Crippen molar-refractivity contribution in [3.63, 3.8) is 0 Å². The molecule has 0 saturated heterocycles. The van der Waals surface area contributed by atoms with Crippen LogP contribution in [0.2, 0.25) is 5.02 Å². The average Bonchev–Trinajstić information content (AvgIpc) is 3.11. The minimum absolute atomic E-state index is 0.214. The number of rotatable bonds is 7. The third kappa shape index (κ3) is 4.66. The predicted octanol–water partition coefficient (Wildman–Crippen LogP) is 4.84. The van der Waals surface area contributed by atoms with E-state index in [1.165, 1.54) is 23.3 Å². The number of thiazole rings is 1. The third-order valence-electron chi connectivity index (χ3n) is 4.29. The second-order valence-electron chi connectivity index (χ2n) is 6.66. The van der Waals surface area contributed by atoms with Crippen LogP contribution in [0.4, 0.5) is 13.9 Å². The Morgan fingerprint density at radius 3 is 2.62 bits per heavy atom. The molecule has 1 heterocycles. The van der Waals surface area contributed by atoms with Crippen LogP contribution < -0.4 is 9.64 Å². The summed E-state index contributed by atoms with van der Waals surface area (Å²) in [7, 11) is 5.37. The highest BCUT2D eigenvalue weighted by molar-refractivity contribution is 7.23. The van der Waals surface area contributed by atoms with E-state index in [1.54, 1.807) is 12.1 Å². The maximum atomic E-state index is 14.3. The van der Waals surface area contributed by atoms with Crippen LogP contribution in [-0.4, -0.2) is 50.1 Å². The third-order valence-corrected chi connectivity index (χ3v) is 5.83. The van der Waals surface area contributed by atoms with Gasteiger partial charge in [0.25, 0.3) is 5.91 Å². The summed E-state index contributed by atoms with van der Waals surface area (Å²) in [6, 6.07) is 6.30. The molecule has 0 spiro atoms. The molecule has 154 valence electrons. The Labute approximate surface area is 176 Å². The van der Waals surface area contributed by atoms with E-state index < -0.39 is 17.5 Å². The zero-order valence-electron chi connectivity index (χ0n) is 16.2. The number of anilines is 1. The SMILES string of the molecule is COc1ccc(Cl)c2sc(N(CCCN(C)C)C(=O)c3ccc(F)cc3F)nc12. The molecule has 0 atom stereocenters. The van der Waals surface area contributed by atoms with Gasteiger partial charge in [-0.15, -0.1) is 0 Å². The predicted molar refractivity (Wildman–Crippen MR) is 112 cm³/mol. The summed E-state index contributed by atoms with van der Waals surface area (Å²) >= 11 is 7.52. The fourth-order valence-electron chi connectivity index (χ4n) is 2.86. The lowest BCUT2D eigenvalue weighted by molar-refractivity contribution is 0.0982. The van der Waals surface area contributed by atoms with Crippen LogP contribution in [0.25, 0.3) is 10.2 Å². The number of carbonyl (C=O) groups is 1. The average molecular weight is 440 g/mol. The smallest absolute Gasteiger partial charge is 0.263 e. The summed E-state index contributed by atoms with van der Waals surface area (Å²) in [6.45, 7) is 1.04. The van der Waals surface area contributed by atoms with Gasteiger partial charge in [0, 0.05) is 12.6 Å². The molecule has 9 heteroatoms. The lowest BCUT2D eigenvalue weighted by atomic mass is 10.2. The first kappa shape index (κ1) is 21.4. The van der Waals surface area contributed by atoms with Gasteiger partial charge in [-0.1, -0.05) is 22.9 Å². The van der Waals surface area contributed by atoms with Crippen LogP contribution >= 0.6 is 22.9 Å². The van der Waals surface area contributed by atoms with E-state index in [4.69, 9.17) is 16.3 Å². The van der Waals surface area contributed by atoms with Crippen molar-refractivity contribution in [3.8, 4) is 5.75 Å². The van der Waals surface area contributed by atoms with Gasteiger partial charge < -0.3 is 9.64 Å². The van der Waals surface area contributed by atoms with Crippen LogP contribution in [-0.2, 0) is 0 Å². The van der Waals surface area contributed by atoms with Gasteiger partial charge in [-0.2, -0.15) is 0 Å². The molecule has 1 amide bonds. The number of aromatic nitrogens is 1. The maximum absolute atomic E-state index is 14.3. The highest BCUT2D eigenvalue weighted by Crippen LogP contribution is 2.39. The van der Waals surface area contributed by atoms with E-state index in [0.717, 1.165) is 18.7 Å². The maximum Gasteiger partial charge on any atom is 0.263 e. The molecule has 0 saturated carbocycles. The number of methoxy groups -OCH3 is 1. The van der Waals surface area contributed by atoms with Crippen molar-refractivity contribution >= 4 is 44.2 Å². The minimum atomic E-state index is -0.913. The van der Waals surface area contributed by atoms with E-state index >= 15 is 0 Å². The zero-order valence-corrected chi connectivity index (χ0v) is 17.8. The highest BCUT2D eigenvalue weighted by atomic mass is 35.5. The molecule has 0 aliphatic heterocycles. The van der Waals surface area contributed by atoms with Crippen molar-refractivity contribution in [2.45, 2.75) is 6.42 Å². The lowest BCUT2D eigenvalue weighted by Crippen LogP contribution is -2.34. The van der Waals surface area contributed by atoms with Crippen molar-refractivity contribution in [1.82, 2.24) is 9.88 Å². The highest BCUT2D eigenvalue weighted by Gasteiger charge is 2.25. The monoisotopic (exact) mass is 439 g/mol. The Kier molecular flexibility index (Phi) is 6.66. The fraction of sp³-hybridized carbons (Fsp3) is 0.300. The molecule has 0 fully saturated rings. The van der Waals surface area contributed by atoms with Crippen molar-refractivity contribution in [3.05, 3.63) is 52.6 Å². The quantitative estimate of drug-likeness (QED) is 0.528. The first-order chi connectivity index (χ1) is 13.8. The van der Waals surface area contributed by atoms with E-state index in [1.807, 2.05) is 19.0 Å². The number of halogens is 3. The molecule has 3 rings (SSSR count). The molecule has 2 aromatic carbocycles. The van der Waals surface area contributed by atoms with Crippen molar-refractivity contribution in [1.29, 1.82) is 0 Å². The van der Waals surface area contributed by atoms with E-state index in [0.29, 0.717) is 45.2 Å². The largest absolute Gasteiger partial charge is 0.494 e. The molecule has 0 bridgehead atoms. The summed E-state index contributed by atoms with van der Waals surface area (Å²) in [5, 5.41) is 0.858. The van der Waals surface area contributed by atoms with E-state index in [9.17, 15) is 13.6 Å². The number of ether oxygens (including phenoxy) is 1. The van der Waals surface area contributed by atoms with Crippen LogP contribution in [0.15, 0.2) is 30.3 Å². The Morgan fingerprint density at radius 1 is 1.21 bits per heavy atom. The molecule has 1 aromatic heterocycles. The number of amides is 1. The molecular weight excluding hydrogens is 420 g/mol. The summed E-state index contributed by atoms with van der Waals surface area (Å²) in [5.74, 6) is -1.71. The fourth-order valence-corrected chi connectivity index (χ4v) is 4.14. The van der Waals surface area contributed by atoms with Crippen LogP contribution in [0, 0.1) is 11.6 Å². The first-order valence-electron chi connectivity index (χ1n) is 8.86. The second kappa shape index (κ2) is 9.02. The minimum Gasteiger partial charge on any atom is -0.494 e. The number of benzene rings is 2. The van der Waals surface area contributed by atoms with Crippen molar-refractivity contribution < 1.29 is 18.3 Å². The molecule has 0 aliphatic carbocycles. The number of carbonyl (C=O) groups excluding carboxylic acids is 1. The Balaban J connectivity index is 2.04. The van der Waals surface area contributed by atoms with E-state index in [-0.39, 0.29) is 5.56 Å². The molecule has 29 heavy (non-hydrogen) atoms. The van der Waals surface area contributed by atoms with Gasteiger partial charge in [-0.05, 0) is 51.3 Å². The van der Waals surface area contributed by atoms with Gasteiger partial charge in [-0.3, -0.25) is 9.69 Å². The zero-order chi connectivity index (χ0) is 21.1. The van der Waals surface area contributed by atoms with Crippen molar-refractivity contribution in [2.75, 3.05) is 39.2 Å². The molecule has 3 aromatic rings. The van der Waals surface area contributed by atoms with E-state index in [2.05, 4.69) is 4.98 Å². The van der Waals surface area contributed by atoms with Gasteiger partial charge in [0.1, 0.15) is 22.9 Å². The topological polar surface area (TPSA) is 45.7 Å². The van der Waals surface area contributed by atoms with Gasteiger partial charge in [0.15, 0.2) is 5.13 Å². The van der Waals surface area contributed by atoms with Crippen LogP contribution in [0.5, 0.6) is 5.75 Å². The Morgan fingerprint density at radius 2 is 1.97 bits per heavy atom. The summed E-state index contributed by atoms with van der Waals surface area (Å²) in [5.41, 5.74) is 0.318.